The number of aromatic nitrogens is 3. The molecule has 1 aromatic carbocycles. The molecule has 0 atom stereocenters. The molecule has 0 aliphatic heterocycles. The van der Waals surface area contributed by atoms with Gasteiger partial charge in [0.2, 0.25) is 0 Å². The van der Waals surface area contributed by atoms with Gasteiger partial charge in [-0.2, -0.15) is 5.10 Å². The third kappa shape index (κ3) is 2.61. The van der Waals surface area contributed by atoms with Crippen LogP contribution in [-0.2, 0) is 0 Å². The molecule has 2 aromatic rings. The van der Waals surface area contributed by atoms with Gasteiger partial charge in [0, 0.05) is 16.6 Å². The summed E-state index contributed by atoms with van der Waals surface area (Å²) in [5.41, 5.74) is 1.21. The summed E-state index contributed by atoms with van der Waals surface area (Å²) in [6.45, 7) is 0. The molecule has 1 heterocycles. The highest BCUT2D eigenvalue weighted by molar-refractivity contribution is 7.99. The van der Waals surface area contributed by atoms with Gasteiger partial charge in [-0.1, -0.05) is 11.8 Å². The molecule has 3 rings (SSSR count). The molecular weight excluding hydrogens is 232 g/mol. The van der Waals surface area contributed by atoms with E-state index in [0.29, 0.717) is 6.04 Å². The van der Waals surface area contributed by atoms with Gasteiger partial charge in [-0.25, -0.2) is 4.98 Å². The second-order valence-electron chi connectivity index (χ2n) is 4.19. The van der Waals surface area contributed by atoms with Gasteiger partial charge >= 0.3 is 0 Å². The van der Waals surface area contributed by atoms with Crippen LogP contribution in [0.3, 0.4) is 0 Å². The lowest BCUT2D eigenvalue weighted by atomic mass is 9.93. The molecule has 0 saturated heterocycles. The standard InChI is InChI=1S/C12H14N4S/c1-2-9(3-1)15-10-4-6-11(7-5-10)17-12-13-8-14-16-12/h4-9,15H,1-3H2,(H,13,14,16). The lowest BCUT2D eigenvalue weighted by molar-refractivity contribution is 0.445. The Labute approximate surface area is 104 Å². The second kappa shape index (κ2) is 4.79. The molecule has 2 N–H and O–H groups in total. The Morgan fingerprint density at radius 3 is 2.65 bits per heavy atom. The van der Waals surface area contributed by atoms with E-state index in [-0.39, 0.29) is 0 Å². The molecule has 4 nitrogen and oxygen atoms in total. The number of benzene rings is 1. The third-order valence-corrected chi connectivity index (χ3v) is 3.84. The first-order chi connectivity index (χ1) is 8.40. The third-order valence-electron chi connectivity index (χ3n) is 2.94. The summed E-state index contributed by atoms with van der Waals surface area (Å²) in [5, 5.41) is 11.0. The van der Waals surface area contributed by atoms with E-state index in [2.05, 4.69) is 44.8 Å². The largest absolute Gasteiger partial charge is 0.382 e. The van der Waals surface area contributed by atoms with Crippen molar-refractivity contribution in [2.45, 2.75) is 35.4 Å². The number of anilines is 1. The molecule has 5 heteroatoms. The number of hydrogen-bond donors (Lipinski definition) is 2. The van der Waals surface area contributed by atoms with Gasteiger partial charge < -0.3 is 5.32 Å². The molecule has 0 amide bonds. The maximum absolute atomic E-state index is 4.09. The average Bonchev–Trinajstić information content (AvgIpc) is 2.78. The highest BCUT2D eigenvalue weighted by atomic mass is 32.2. The summed E-state index contributed by atoms with van der Waals surface area (Å²) in [5.74, 6) is 0. The Bertz CT molecular complexity index is 462. The Hall–Kier alpha value is -1.49. The van der Waals surface area contributed by atoms with Crippen LogP contribution in [0.5, 0.6) is 0 Å². The molecule has 0 spiro atoms. The maximum Gasteiger partial charge on any atom is 0.188 e. The number of nitrogens with zero attached hydrogens (tertiary/aromatic N) is 2. The van der Waals surface area contributed by atoms with Crippen molar-refractivity contribution in [1.82, 2.24) is 15.2 Å². The second-order valence-corrected chi connectivity index (χ2v) is 5.25. The zero-order valence-electron chi connectivity index (χ0n) is 9.39. The van der Waals surface area contributed by atoms with Crippen LogP contribution in [-0.4, -0.2) is 21.2 Å². The summed E-state index contributed by atoms with van der Waals surface area (Å²) >= 11 is 1.58. The van der Waals surface area contributed by atoms with Crippen molar-refractivity contribution >= 4 is 17.4 Å². The smallest absolute Gasteiger partial charge is 0.188 e. The normalized spacial score (nSPS) is 15.5. The van der Waals surface area contributed by atoms with E-state index >= 15 is 0 Å². The Kier molecular flexibility index (Phi) is 3.00. The van der Waals surface area contributed by atoms with E-state index in [1.807, 2.05) is 0 Å². The van der Waals surface area contributed by atoms with Crippen LogP contribution in [0.2, 0.25) is 0 Å². The van der Waals surface area contributed by atoms with Crippen LogP contribution in [0.1, 0.15) is 19.3 Å². The first-order valence-electron chi connectivity index (χ1n) is 5.80. The summed E-state index contributed by atoms with van der Waals surface area (Å²) in [7, 11) is 0. The minimum Gasteiger partial charge on any atom is -0.382 e. The molecule has 17 heavy (non-hydrogen) atoms. The topological polar surface area (TPSA) is 53.6 Å². The van der Waals surface area contributed by atoms with Crippen LogP contribution in [0, 0.1) is 0 Å². The Morgan fingerprint density at radius 1 is 1.24 bits per heavy atom. The van der Waals surface area contributed by atoms with Gasteiger partial charge in [0.1, 0.15) is 6.33 Å². The van der Waals surface area contributed by atoms with Crippen molar-refractivity contribution in [3.63, 3.8) is 0 Å². The maximum atomic E-state index is 4.09. The van der Waals surface area contributed by atoms with Crippen molar-refractivity contribution in [3.8, 4) is 0 Å². The fraction of sp³-hybridized carbons (Fsp3) is 0.333. The number of aromatic amines is 1. The summed E-state index contributed by atoms with van der Waals surface area (Å²) in [6, 6.07) is 9.14. The molecule has 1 aliphatic carbocycles. The predicted molar refractivity (Wildman–Crippen MR) is 68.2 cm³/mol. The van der Waals surface area contributed by atoms with Gasteiger partial charge in [0.05, 0.1) is 0 Å². The minimum absolute atomic E-state index is 0.683. The number of nitrogens with one attached hydrogen (secondary N) is 2. The first kappa shape index (κ1) is 10.7. The predicted octanol–water partition coefficient (Wildman–Crippen LogP) is 2.92. The van der Waals surface area contributed by atoms with E-state index in [1.165, 1.54) is 36.2 Å². The lowest BCUT2D eigenvalue weighted by Gasteiger charge is -2.27. The molecule has 1 fully saturated rings. The number of hydrogen-bond acceptors (Lipinski definition) is 4. The summed E-state index contributed by atoms with van der Waals surface area (Å²) in [4.78, 5) is 5.25. The van der Waals surface area contributed by atoms with Crippen molar-refractivity contribution in [2.24, 2.45) is 0 Å². The average molecular weight is 246 g/mol. The van der Waals surface area contributed by atoms with Crippen molar-refractivity contribution in [3.05, 3.63) is 30.6 Å². The number of H-pyrrole nitrogens is 1. The molecule has 0 bridgehead atoms. The monoisotopic (exact) mass is 246 g/mol. The van der Waals surface area contributed by atoms with E-state index in [4.69, 9.17) is 0 Å². The zero-order valence-corrected chi connectivity index (χ0v) is 10.2. The van der Waals surface area contributed by atoms with Crippen molar-refractivity contribution in [2.75, 3.05) is 5.32 Å². The molecule has 0 radical (unpaired) electrons. The minimum atomic E-state index is 0.683. The quantitative estimate of drug-likeness (QED) is 0.871. The van der Waals surface area contributed by atoms with Crippen LogP contribution in [0.25, 0.3) is 0 Å². The summed E-state index contributed by atoms with van der Waals surface area (Å²) < 4.78 is 0. The summed E-state index contributed by atoms with van der Waals surface area (Å²) in [6.07, 6.45) is 5.48. The molecule has 88 valence electrons. The van der Waals surface area contributed by atoms with Gasteiger partial charge in [-0.3, -0.25) is 5.10 Å². The fourth-order valence-electron chi connectivity index (χ4n) is 1.76. The molecule has 1 aliphatic rings. The van der Waals surface area contributed by atoms with Crippen molar-refractivity contribution in [1.29, 1.82) is 0 Å². The van der Waals surface area contributed by atoms with Crippen LogP contribution >= 0.6 is 11.8 Å². The van der Waals surface area contributed by atoms with Crippen LogP contribution in [0.15, 0.2) is 40.6 Å². The molecule has 0 unspecified atom stereocenters. The van der Waals surface area contributed by atoms with E-state index in [9.17, 15) is 0 Å². The van der Waals surface area contributed by atoms with E-state index in [0.717, 1.165) is 5.16 Å². The van der Waals surface area contributed by atoms with Gasteiger partial charge in [0.15, 0.2) is 5.16 Å². The SMILES string of the molecule is c1n[nH]c(Sc2ccc(NC3CCC3)cc2)n1. The molecule has 1 saturated carbocycles. The zero-order chi connectivity index (χ0) is 11.5. The first-order valence-corrected chi connectivity index (χ1v) is 6.61. The number of rotatable bonds is 4. The molecule has 1 aromatic heterocycles. The highest BCUT2D eigenvalue weighted by Crippen LogP contribution is 2.27. The van der Waals surface area contributed by atoms with Gasteiger partial charge in [0.25, 0.3) is 0 Å². The highest BCUT2D eigenvalue weighted by Gasteiger charge is 2.16. The Balaban J connectivity index is 1.63. The molecular formula is C12H14N4S. The van der Waals surface area contributed by atoms with Crippen molar-refractivity contribution < 1.29 is 0 Å². The fourth-order valence-corrected chi connectivity index (χ4v) is 2.46. The van der Waals surface area contributed by atoms with E-state index in [1.54, 1.807) is 11.8 Å². The Morgan fingerprint density at radius 2 is 2.06 bits per heavy atom. The van der Waals surface area contributed by atoms with Gasteiger partial charge in [-0.05, 0) is 43.5 Å². The van der Waals surface area contributed by atoms with Crippen LogP contribution in [0.4, 0.5) is 5.69 Å². The van der Waals surface area contributed by atoms with Crippen LogP contribution < -0.4 is 5.32 Å². The van der Waals surface area contributed by atoms with E-state index < -0.39 is 0 Å². The van der Waals surface area contributed by atoms with Gasteiger partial charge in [-0.15, -0.1) is 0 Å². The lowest BCUT2D eigenvalue weighted by Crippen LogP contribution is -2.26.